The van der Waals surface area contributed by atoms with Crippen molar-refractivity contribution in [1.29, 1.82) is 0 Å². The second-order valence-electron chi connectivity index (χ2n) is 6.33. The van der Waals surface area contributed by atoms with E-state index in [0.717, 1.165) is 0 Å². The van der Waals surface area contributed by atoms with Crippen LogP contribution in [0.1, 0.15) is 12.2 Å². The van der Waals surface area contributed by atoms with Gasteiger partial charge in [-0.1, -0.05) is 30.3 Å². The average Bonchev–Trinajstić information content (AvgIpc) is 3.19. The second-order valence-corrected chi connectivity index (χ2v) is 6.33. The molecule has 146 valence electrons. The second kappa shape index (κ2) is 9.71. The molecular weight excluding hydrogens is 361 g/mol. The summed E-state index contributed by atoms with van der Waals surface area (Å²) in [6.45, 7) is 0.193. The van der Waals surface area contributed by atoms with Crippen LogP contribution < -0.4 is 10.1 Å². The topological polar surface area (TPSA) is 71.7 Å². The third-order valence-corrected chi connectivity index (χ3v) is 4.12. The van der Waals surface area contributed by atoms with E-state index in [1.807, 2.05) is 18.2 Å². The highest BCUT2D eigenvalue weighted by Gasteiger charge is 2.12. The molecule has 3 aromatic rings. The molecule has 0 unspecified atom stereocenters. The molecule has 2 N–H and O–H groups in total. The van der Waals surface area contributed by atoms with Crippen molar-refractivity contribution in [1.82, 2.24) is 5.32 Å². The fourth-order valence-electron chi connectivity index (χ4n) is 2.64. The van der Waals surface area contributed by atoms with Gasteiger partial charge in [0.25, 0.3) is 0 Å². The molecule has 1 amide bonds. The monoisotopic (exact) mass is 383 g/mol. The summed E-state index contributed by atoms with van der Waals surface area (Å²) in [6, 6.07) is 18.9. The van der Waals surface area contributed by atoms with Crippen molar-refractivity contribution in [3.05, 3.63) is 78.3 Å². The Hall–Kier alpha value is -3.12. The average molecular weight is 383 g/mol. The first-order valence-corrected chi connectivity index (χ1v) is 9.08. The Kier molecular flexibility index (Phi) is 6.81. The minimum absolute atomic E-state index is 0.0917. The molecule has 6 heteroatoms. The first-order valence-electron chi connectivity index (χ1n) is 9.08. The number of aliphatic hydroxyl groups excluding tert-OH is 1. The van der Waals surface area contributed by atoms with Crippen LogP contribution in [-0.2, 0) is 11.2 Å². The highest BCUT2D eigenvalue weighted by Crippen LogP contribution is 2.25. The summed E-state index contributed by atoms with van der Waals surface area (Å²) in [5.41, 5.74) is 0.389. The van der Waals surface area contributed by atoms with Crippen LogP contribution in [0.2, 0.25) is 0 Å². The number of carbonyl (C=O) groups excluding carboxylic acids is 1. The van der Waals surface area contributed by atoms with Crippen molar-refractivity contribution in [2.45, 2.75) is 18.9 Å². The predicted octanol–water partition coefficient (Wildman–Crippen LogP) is 3.57. The van der Waals surface area contributed by atoms with Crippen LogP contribution in [0.5, 0.6) is 5.75 Å². The standard InChI is InChI=1S/C22H22FNO4/c23-20-9-5-4-8-19(20)21-12-10-18(28-21)11-13-22(26)24-14-16(25)15-27-17-6-2-1-3-7-17/h1-10,12,16,25H,11,13-15H2,(H,24,26)/t16-/m1/s1. The van der Waals surface area contributed by atoms with Crippen LogP contribution in [0.3, 0.4) is 0 Å². The Bertz CT molecular complexity index is 894. The smallest absolute Gasteiger partial charge is 0.220 e. The van der Waals surface area contributed by atoms with Crippen LogP contribution in [0.15, 0.2) is 71.1 Å². The van der Waals surface area contributed by atoms with Crippen LogP contribution in [0, 0.1) is 5.82 Å². The van der Waals surface area contributed by atoms with Crippen molar-refractivity contribution in [2.75, 3.05) is 13.2 Å². The molecule has 1 heterocycles. The number of aliphatic hydroxyl groups is 1. The Labute approximate surface area is 162 Å². The van der Waals surface area contributed by atoms with Crippen molar-refractivity contribution in [3.63, 3.8) is 0 Å². The molecule has 28 heavy (non-hydrogen) atoms. The number of halogens is 1. The van der Waals surface area contributed by atoms with Gasteiger partial charge >= 0.3 is 0 Å². The van der Waals surface area contributed by atoms with E-state index in [-0.39, 0.29) is 31.3 Å². The van der Waals surface area contributed by atoms with Crippen LogP contribution in [0.25, 0.3) is 11.3 Å². The number of carbonyl (C=O) groups is 1. The van der Waals surface area contributed by atoms with Gasteiger partial charge in [-0.2, -0.15) is 0 Å². The SMILES string of the molecule is O=C(CCc1ccc(-c2ccccc2F)o1)NC[C@@H](O)COc1ccccc1. The molecule has 0 saturated heterocycles. The van der Waals surface area contributed by atoms with Gasteiger partial charge in [-0.3, -0.25) is 4.79 Å². The van der Waals surface area contributed by atoms with E-state index < -0.39 is 6.10 Å². The van der Waals surface area contributed by atoms with Crippen molar-refractivity contribution in [3.8, 4) is 17.1 Å². The number of amides is 1. The van der Waals surface area contributed by atoms with Gasteiger partial charge in [0, 0.05) is 19.4 Å². The van der Waals surface area contributed by atoms with Gasteiger partial charge < -0.3 is 19.6 Å². The lowest BCUT2D eigenvalue weighted by Gasteiger charge is -2.13. The number of hydrogen-bond donors (Lipinski definition) is 2. The van der Waals surface area contributed by atoms with E-state index in [9.17, 15) is 14.3 Å². The molecule has 0 spiro atoms. The van der Waals surface area contributed by atoms with E-state index in [1.54, 1.807) is 42.5 Å². The third kappa shape index (κ3) is 5.69. The zero-order valence-electron chi connectivity index (χ0n) is 15.3. The third-order valence-electron chi connectivity index (χ3n) is 4.12. The fraction of sp³-hybridized carbons (Fsp3) is 0.227. The maximum absolute atomic E-state index is 13.8. The molecule has 0 saturated carbocycles. The van der Waals surface area contributed by atoms with Gasteiger partial charge in [0.2, 0.25) is 5.91 Å². The molecule has 0 aliphatic heterocycles. The zero-order valence-corrected chi connectivity index (χ0v) is 15.3. The summed E-state index contributed by atoms with van der Waals surface area (Å²) in [7, 11) is 0. The van der Waals surface area contributed by atoms with E-state index in [1.165, 1.54) is 6.07 Å². The molecule has 5 nitrogen and oxygen atoms in total. The quantitative estimate of drug-likeness (QED) is 0.593. The number of rotatable bonds is 9. The van der Waals surface area contributed by atoms with Crippen molar-refractivity contribution in [2.24, 2.45) is 0 Å². The lowest BCUT2D eigenvalue weighted by atomic mass is 10.1. The Morgan fingerprint density at radius 1 is 1.07 bits per heavy atom. The summed E-state index contributed by atoms with van der Waals surface area (Å²) >= 11 is 0. The molecule has 1 aromatic heterocycles. The number of ether oxygens (including phenoxy) is 1. The highest BCUT2D eigenvalue weighted by molar-refractivity contribution is 5.76. The number of aryl methyl sites for hydroxylation is 1. The number of nitrogens with one attached hydrogen (secondary N) is 1. The molecule has 0 aliphatic rings. The Morgan fingerprint density at radius 3 is 2.61 bits per heavy atom. The zero-order chi connectivity index (χ0) is 19.8. The number of furan rings is 1. The molecule has 1 atom stereocenters. The normalized spacial score (nSPS) is 11.8. The van der Waals surface area contributed by atoms with Crippen molar-refractivity contribution < 1.29 is 23.4 Å². The van der Waals surface area contributed by atoms with Gasteiger partial charge in [0.15, 0.2) is 0 Å². The van der Waals surface area contributed by atoms with E-state index >= 15 is 0 Å². The number of para-hydroxylation sites is 1. The van der Waals surface area contributed by atoms with E-state index in [2.05, 4.69) is 5.32 Å². The summed E-state index contributed by atoms with van der Waals surface area (Å²) < 4.78 is 24.8. The Morgan fingerprint density at radius 2 is 1.82 bits per heavy atom. The van der Waals surface area contributed by atoms with E-state index in [0.29, 0.717) is 29.3 Å². The molecule has 3 rings (SSSR count). The van der Waals surface area contributed by atoms with Gasteiger partial charge in [-0.25, -0.2) is 4.39 Å². The maximum atomic E-state index is 13.8. The maximum Gasteiger partial charge on any atom is 0.220 e. The summed E-state index contributed by atoms with van der Waals surface area (Å²) in [5.74, 6) is 1.13. The summed E-state index contributed by atoms with van der Waals surface area (Å²) in [6.07, 6.45) is -0.215. The molecule has 0 bridgehead atoms. The molecule has 0 radical (unpaired) electrons. The first-order chi connectivity index (χ1) is 13.6. The van der Waals surface area contributed by atoms with Gasteiger partial charge in [-0.15, -0.1) is 0 Å². The number of hydrogen-bond acceptors (Lipinski definition) is 4. The van der Waals surface area contributed by atoms with Crippen LogP contribution >= 0.6 is 0 Å². The van der Waals surface area contributed by atoms with Gasteiger partial charge in [-0.05, 0) is 36.4 Å². The fourth-order valence-corrected chi connectivity index (χ4v) is 2.64. The Balaban J connectivity index is 1.39. The molecule has 0 fully saturated rings. The van der Waals surface area contributed by atoms with Crippen molar-refractivity contribution >= 4 is 5.91 Å². The van der Waals surface area contributed by atoms with Crippen LogP contribution in [0.4, 0.5) is 4.39 Å². The predicted molar refractivity (Wildman–Crippen MR) is 103 cm³/mol. The minimum Gasteiger partial charge on any atom is -0.491 e. The number of benzene rings is 2. The van der Waals surface area contributed by atoms with Gasteiger partial charge in [0.1, 0.15) is 35.8 Å². The molecule has 0 aliphatic carbocycles. The molecular formula is C22H22FNO4. The lowest BCUT2D eigenvalue weighted by Crippen LogP contribution is -2.35. The van der Waals surface area contributed by atoms with Crippen LogP contribution in [-0.4, -0.2) is 30.3 Å². The summed E-state index contributed by atoms with van der Waals surface area (Å²) in [5, 5.41) is 12.6. The lowest BCUT2D eigenvalue weighted by molar-refractivity contribution is -0.121. The van der Waals surface area contributed by atoms with Gasteiger partial charge in [0.05, 0.1) is 5.56 Å². The minimum atomic E-state index is -0.805. The van der Waals surface area contributed by atoms with E-state index in [4.69, 9.17) is 9.15 Å². The first kappa shape index (κ1) is 19.6. The largest absolute Gasteiger partial charge is 0.491 e. The highest BCUT2D eigenvalue weighted by atomic mass is 19.1. The summed E-state index contributed by atoms with van der Waals surface area (Å²) in [4.78, 5) is 12.0. The molecule has 2 aromatic carbocycles.